The molecule has 20 heavy (non-hydrogen) atoms. The van der Waals surface area contributed by atoms with Gasteiger partial charge in [-0.1, -0.05) is 23.4 Å². The Morgan fingerprint density at radius 3 is 2.80 bits per heavy atom. The average Bonchev–Trinajstić information content (AvgIpc) is 3.10. The summed E-state index contributed by atoms with van der Waals surface area (Å²) in [6, 6.07) is 9.77. The molecule has 2 aromatic heterocycles. The van der Waals surface area contributed by atoms with Gasteiger partial charge >= 0.3 is 0 Å². The molecular formula is C14H13ClN4O. The molecule has 3 rings (SSSR count). The summed E-state index contributed by atoms with van der Waals surface area (Å²) in [4.78, 5) is 4.44. The highest BCUT2D eigenvalue weighted by Gasteiger charge is 2.10. The Balaban J connectivity index is 1.77. The molecule has 0 saturated carbocycles. The van der Waals surface area contributed by atoms with Crippen molar-refractivity contribution < 1.29 is 4.42 Å². The summed E-state index contributed by atoms with van der Waals surface area (Å²) in [6.45, 7) is 2.37. The molecule has 2 heterocycles. The van der Waals surface area contributed by atoms with Crippen molar-refractivity contribution in [2.24, 2.45) is 0 Å². The highest BCUT2D eigenvalue weighted by molar-refractivity contribution is 6.20. The summed E-state index contributed by atoms with van der Waals surface area (Å²) >= 11 is 5.95. The topological polar surface area (TPSA) is 56.7 Å². The first-order valence-corrected chi connectivity index (χ1v) is 6.70. The van der Waals surface area contributed by atoms with E-state index in [-0.39, 0.29) is 5.38 Å². The van der Waals surface area contributed by atoms with Crippen molar-refractivity contribution in [1.29, 1.82) is 0 Å². The molecule has 0 aliphatic carbocycles. The van der Waals surface area contributed by atoms with Gasteiger partial charge < -0.3 is 4.42 Å². The van der Waals surface area contributed by atoms with Crippen LogP contribution in [0.2, 0.25) is 0 Å². The molecule has 0 fully saturated rings. The first kappa shape index (κ1) is 12.9. The molecule has 0 N–H and O–H groups in total. The van der Waals surface area contributed by atoms with Gasteiger partial charge in [0.05, 0.1) is 18.1 Å². The molecule has 0 saturated heterocycles. The maximum absolute atomic E-state index is 5.95. The van der Waals surface area contributed by atoms with Crippen LogP contribution in [0.1, 0.15) is 23.7 Å². The fourth-order valence-electron chi connectivity index (χ4n) is 1.83. The summed E-state index contributed by atoms with van der Waals surface area (Å²) in [6.07, 6.45) is 3.45. The molecule has 0 radical (unpaired) electrons. The van der Waals surface area contributed by atoms with E-state index in [9.17, 15) is 0 Å². The monoisotopic (exact) mass is 288 g/mol. The van der Waals surface area contributed by atoms with Gasteiger partial charge in [-0.25, -0.2) is 9.67 Å². The summed E-state index contributed by atoms with van der Waals surface area (Å²) in [5.74, 6) is 0.603. The van der Waals surface area contributed by atoms with E-state index >= 15 is 0 Å². The zero-order valence-corrected chi connectivity index (χ0v) is 11.7. The van der Waals surface area contributed by atoms with Crippen molar-refractivity contribution in [3.63, 3.8) is 0 Å². The van der Waals surface area contributed by atoms with Crippen LogP contribution < -0.4 is 0 Å². The van der Waals surface area contributed by atoms with Crippen molar-refractivity contribution in [3.8, 4) is 11.5 Å². The number of hydrogen-bond acceptors (Lipinski definition) is 4. The standard InChI is InChI=1S/C14H13ClN4O/c1-10(15)13-8-19(18-17-13)7-12-9-20-14(16-12)11-5-3-2-4-6-11/h2-6,8-10H,7H2,1H3. The van der Waals surface area contributed by atoms with E-state index in [4.69, 9.17) is 16.0 Å². The lowest BCUT2D eigenvalue weighted by Gasteiger charge is -1.95. The van der Waals surface area contributed by atoms with Gasteiger partial charge in [0.1, 0.15) is 17.7 Å². The van der Waals surface area contributed by atoms with E-state index in [1.807, 2.05) is 43.5 Å². The van der Waals surface area contributed by atoms with Crippen molar-refractivity contribution in [2.45, 2.75) is 18.8 Å². The molecule has 1 unspecified atom stereocenters. The smallest absolute Gasteiger partial charge is 0.226 e. The van der Waals surface area contributed by atoms with Gasteiger partial charge in [-0.3, -0.25) is 0 Å². The number of halogens is 1. The number of hydrogen-bond donors (Lipinski definition) is 0. The first-order chi connectivity index (χ1) is 9.72. The predicted octanol–water partition coefficient (Wildman–Crippen LogP) is 3.28. The van der Waals surface area contributed by atoms with Crippen LogP contribution in [-0.2, 0) is 6.54 Å². The normalized spacial score (nSPS) is 12.5. The summed E-state index contributed by atoms with van der Waals surface area (Å²) in [5.41, 5.74) is 2.49. The van der Waals surface area contributed by atoms with Gasteiger partial charge in [-0.2, -0.15) is 0 Å². The van der Waals surface area contributed by atoms with Crippen molar-refractivity contribution in [1.82, 2.24) is 20.0 Å². The number of aromatic nitrogens is 4. The molecule has 0 aliphatic heterocycles. The van der Waals surface area contributed by atoms with Crippen molar-refractivity contribution in [3.05, 3.63) is 54.2 Å². The average molecular weight is 289 g/mol. The van der Waals surface area contributed by atoms with Gasteiger partial charge in [0.2, 0.25) is 5.89 Å². The third-order valence-corrected chi connectivity index (χ3v) is 3.08. The summed E-state index contributed by atoms with van der Waals surface area (Å²) in [7, 11) is 0. The molecule has 0 amide bonds. The maximum atomic E-state index is 5.95. The quantitative estimate of drug-likeness (QED) is 0.691. The van der Waals surface area contributed by atoms with E-state index in [0.29, 0.717) is 12.4 Å². The molecule has 1 aromatic carbocycles. The van der Waals surface area contributed by atoms with E-state index < -0.39 is 0 Å². The minimum atomic E-state index is -0.152. The Hall–Kier alpha value is -2.14. The van der Waals surface area contributed by atoms with Crippen LogP contribution in [0.3, 0.4) is 0 Å². The minimum Gasteiger partial charge on any atom is -0.444 e. The highest BCUT2D eigenvalue weighted by atomic mass is 35.5. The van der Waals surface area contributed by atoms with Crippen molar-refractivity contribution >= 4 is 11.6 Å². The zero-order chi connectivity index (χ0) is 13.9. The van der Waals surface area contributed by atoms with Crippen LogP contribution >= 0.6 is 11.6 Å². The molecular weight excluding hydrogens is 276 g/mol. The Morgan fingerprint density at radius 1 is 1.30 bits per heavy atom. The van der Waals surface area contributed by atoms with Crippen molar-refractivity contribution in [2.75, 3.05) is 0 Å². The third kappa shape index (κ3) is 2.72. The predicted molar refractivity (Wildman–Crippen MR) is 75.3 cm³/mol. The first-order valence-electron chi connectivity index (χ1n) is 6.26. The lowest BCUT2D eigenvalue weighted by molar-refractivity contribution is 0.568. The fourth-order valence-corrected chi connectivity index (χ4v) is 1.93. The summed E-state index contributed by atoms with van der Waals surface area (Å²) < 4.78 is 7.17. The van der Waals surface area contributed by atoms with Crippen LogP contribution in [0, 0.1) is 0 Å². The Kier molecular flexibility index (Phi) is 3.52. The number of alkyl halides is 1. The van der Waals surface area contributed by atoms with Gasteiger partial charge in [-0.05, 0) is 19.1 Å². The van der Waals surface area contributed by atoms with E-state index in [0.717, 1.165) is 17.0 Å². The van der Waals surface area contributed by atoms with Crippen LogP contribution in [0.5, 0.6) is 0 Å². The maximum Gasteiger partial charge on any atom is 0.226 e. The number of benzene rings is 1. The molecule has 0 aliphatic rings. The van der Waals surface area contributed by atoms with Crippen LogP contribution in [0.15, 0.2) is 47.2 Å². The van der Waals surface area contributed by atoms with E-state index in [1.54, 1.807) is 10.9 Å². The van der Waals surface area contributed by atoms with Crippen LogP contribution in [0.25, 0.3) is 11.5 Å². The lowest BCUT2D eigenvalue weighted by atomic mass is 10.2. The molecule has 1 atom stereocenters. The second kappa shape index (κ2) is 5.46. The lowest BCUT2D eigenvalue weighted by Crippen LogP contribution is -2.00. The SMILES string of the molecule is CC(Cl)c1cn(Cc2coc(-c3ccccc3)n2)nn1. The van der Waals surface area contributed by atoms with E-state index in [1.165, 1.54) is 0 Å². The molecule has 102 valence electrons. The van der Waals surface area contributed by atoms with Gasteiger partial charge in [0.15, 0.2) is 0 Å². The Bertz CT molecular complexity index is 690. The highest BCUT2D eigenvalue weighted by Crippen LogP contribution is 2.19. The second-order valence-corrected chi connectivity index (χ2v) is 5.12. The van der Waals surface area contributed by atoms with Gasteiger partial charge in [0, 0.05) is 5.56 Å². The summed E-state index contributed by atoms with van der Waals surface area (Å²) in [5, 5.41) is 7.86. The molecule has 0 spiro atoms. The molecule has 3 aromatic rings. The third-order valence-electron chi connectivity index (χ3n) is 2.86. The molecule has 5 nitrogen and oxygen atoms in total. The largest absolute Gasteiger partial charge is 0.444 e. The number of rotatable bonds is 4. The Morgan fingerprint density at radius 2 is 2.10 bits per heavy atom. The fraction of sp³-hybridized carbons (Fsp3) is 0.214. The molecule has 0 bridgehead atoms. The number of oxazole rings is 1. The Labute approximate surface area is 121 Å². The van der Waals surface area contributed by atoms with Crippen LogP contribution in [-0.4, -0.2) is 20.0 Å². The van der Waals surface area contributed by atoms with Gasteiger partial charge in [-0.15, -0.1) is 16.7 Å². The van der Waals surface area contributed by atoms with E-state index in [2.05, 4.69) is 15.3 Å². The second-order valence-electron chi connectivity index (χ2n) is 4.47. The number of nitrogens with zero attached hydrogens (tertiary/aromatic N) is 4. The minimum absolute atomic E-state index is 0.152. The zero-order valence-electron chi connectivity index (χ0n) is 10.9. The van der Waals surface area contributed by atoms with Gasteiger partial charge in [0.25, 0.3) is 0 Å². The molecule has 6 heteroatoms. The van der Waals surface area contributed by atoms with Crippen LogP contribution in [0.4, 0.5) is 0 Å².